The molecule has 0 saturated heterocycles. The zero-order valence-corrected chi connectivity index (χ0v) is 8.99. The molecule has 0 unspecified atom stereocenters. The molecule has 0 fully saturated rings. The third-order valence-corrected chi connectivity index (χ3v) is 2.83. The van der Waals surface area contributed by atoms with Crippen LogP contribution in [0.25, 0.3) is 0 Å². The zero-order valence-electron chi connectivity index (χ0n) is 8.99. The van der Waals surface area contributed by atoms with Gasteiger partial charge in [-0.05, 0) is 24.5 Å². The van der Waals surface area contributed by atoms with E-state index < -0.39 is 0 Å². The van der Waals surface area contributed by atoms with Crippen LogP contribution in [-0.2, 0) is 11.2 Å². The summed E-state index contributed by atoms with van der Waals surface area (Å²) in [6.45, 7) is 2.73. The highest BCUT2D eigenvalue weighted by Gasteiger charge is 2.20. The molecule has 0 atom stereocenters. The van der Waals surface area contributed by atoms with Crippen molar-refractivity contribution >= 4 is 24.9 Å². The van der Waals surface area contributed by atoms with Crippen molar-refractivity contribution in [3.8, 4) is 0 Å². The van der Waals surface area contributed by atoms with Crippen LogP contribution in [0.2, 0.25) is 0 Å². The minimum absolute atomic E-state index is 0.195. The van der Waals surface area contributed by atoms with Crippen molar-refractivity contribution < 1.29 is 4.79 Å². The number of fused-ring (bicyclic) bond motifs is 1. The molecule has 1 aliphatic heterocycles. The van der Waals surface area contributed by atoms with Gasteiger partial charge in [0, 0.05) is 18.7 Å². The molecule has 0 N–H and O–H groups in total. The predicted octanol–water partition coefficient (Wildman–Crippen LogP) is 1.17. The normalized spacial score (nSPS) is 14.9. The maximum absolute atomic E-state index is 11.7. The van der Waals surface area contributed by atoms with Crippen LogP contribution in [0.5, 0.6) is 0 Å². The quantitative estimate of drug-likeness (QED) is 0.621. The number of amides is 1. The lowest BCUT2D eigenvalue weighted by atomic mass is 9.90. The smallest absolute Gasteiger partial charge is 0.226 e. The third kappa shape index (κ3) is 1.92. The van der Waals surface area contributed by atoms with Gasteiger partial charge in [0.2, 0.25) is 5.91 Å². The average molecular weight is 199 g/mol. The van der Waals surface area contributed by atoms with Gasteiger partial charge < -0.3 is 4.90 Å². The molecule has 0 aromatic heterocycles. The molecule has 3 heteroatoms. The molecular formula is C12H14BNO. The Morgan fingerprint density at radius 3 is 3.07 bits per heavy atom. The Balaban J connectivity index is 2.38. The first-order chi connectivity index (χ1) is 7.22. The molecule has 0 saturated carbocycles. The number of rotatable bonds is 1. The minimum atomic E-state index is 0.195. The number of hydrogen-bond donors (Lipinski definition) is 0. The summed E-state index contributed by atoms with van der Waals surface area (Å²) in [5.74, 6) is 0.195. The summed E-state index contributed by atoms with van der Waals surface area (Å²) < 4.78 is 0. The van der Waals surface area contributed by atoms with Crippen molar-refractivity contribution in [2.45, 2.75) is 26.2 Å². The van der Waals surface area contributed by atoms with E-state index in [9.17, 15) is 4.79 Å². The topological polar surface area (TPSA) is 20.3 Å². The first-order valence-corrected chi connectivity index (χ1v) is 5.41. The Morgan fingerprint density at radius 1 is 1.53 bits per heavy atom. The molecule has 76 valence electrons. The lowest BCUT2D eigenvalue weighted by Crippen LogP contribution is -2.35. The van der Waals surface area contributed by atoms with Crippen molar-refractivity contribution in [1.82, 2.24) is 0 Å². The second kappa shape index (κ2) is 4.09. The fourth-order valence-electron chi connectivity index (χ4n) is 2.07. The van der Waals surface area contributed by atoms with E-state index in [1.165, 1.54) is 5.56 Å². The molecule has 1 amide bonds. The van der Waals surface area contributed by atoms with E-state index in [1.807, 2.05) is 30.0 Å². The van der Waals surface area contributed by atoms with E-state index in [1.54, 1.807) is 0 Å². The van der Waals surface area contributed by atoms with E-state index in [0.29, 0.717) is 6.42 Å². The summed E-state index contributed by atoms with van der Waals surface area (Å²) in [6, 6.07) is 5.79. The van der Waals surface area contributed by atoms with E-state index in [-0.39, 0.29) is 5.91 Å². The van der Waals surface area contributed by atoms with E-state index in [4.69, 9.17) is 7.85 Å². The summed E-state index contributed by atoms with van der Waals surface area (Å²) in [6.07, 6.45) is 2.61. The highest BCUT2D eigenvalue weighted by Crippen LogP contribution is 2.26. The fraction of sp³-hybridized carbons (Fsp3) is 0.417. The fourth-order valence-corrected chi connectivity index (χ4v) is 2.07. The van der Waals surface area contributed by atoms with Crippen LogP contribution in [0.4, 0.5) is 5.69 Å². The molecule has 15 heavy (non-hydrogen) atoms. The van der Waals surface area contributed by atoms with E-state index in [0.717, 1.165) is 30.5 Å². The minimum Gasteiger partial charge on any atom is -0.312 e. The summed E-state index contributed by atoms with van der Waals surface area (Å²) in [5, 5.41) is 0. The molecular weight excluding hydrogens is 185 g/mol. The summed E-state index contributed by atoms with van der Waals surface area (Å²) >= 11 is 0. The third-order valence-electron chi connectivity index (χ3n) is 2.83. The second-order valence-electron chi connectivity index (χ2n) is 3.89. The number of aryl methyl sites for hydroxylation is 1. The lowest BCUT2D eigenvalue weighted by Gasteiger charge is -2.29. The van der Waals surface area contributed by atoms with Crippen molar-refractivity contribution in [2.75, 3.05) is 11.4 Å². The predicted molar refractivity (Wildman–Crippen MR) is 62.8 cm³/mol. The molecule has 0 aliphatic carbocycles. The van der Waals surface area contributed by atoms with Crippen LogP contribution >= 0.6 is 0 Å². The highest BCUT2D eigenvalue weighted by molar-refractivity contribution is 6.32. The number of hydrogen-bond acceptors (Lipinski definition) is 1. The standard InChI is InChI=1S/C12H14BNO/c1-2-12(15)14-7-3-4-9-8-10(13)5-6-11(9)14/h5-6,8H,2-4,7H2,1H3. The maximum atomic E-state index is 11.7. The highest BCUT2D eigenvalue weighted by atomic mass is 16.2. The maximum Gasteiger partial charge on any atom is 0.226 e. The molecule has 1 aromatic carbocycles. The van der Waals surface area contributed by atoms with Gasteiger partial charge in [0.15, 0.2) is 0 Å². The SMILES string of the molecule is [B]c1ccc2c(c1)CCCN2C(=O)CC. The Hall–Kier alpha value is -1.25. The van der Waals surface area contributed by atoms with Crippen molar-refractivity contribution in [3.05, 3.63) is 23.8 Å². The van der Waals surface area contributed by atoms with Gasteiger partial charge in [-0.25, -0.2) is 0 Å². The number of benzene rings is 1. The van der Waals surface area contributed by atoms with Crippen molar-refractivity contribution in [1.29, 1.82) is 0 Å². The largest absolute Gasteiger partial charge is 0.312 e. The summed E-state index contributed by atoms with van der Waals surface area (Å²) in [5.41, 5.74) is 3.02. The van der Waals surface area contributed by atoms with Gasteiger partial charge in [0.1, 0.15) is 7.85 Å². The van der Waals surface area contributed by atoms with Gasteiger partial charge in [0.05, 0.1) is 0 Å². The Labute approximate surface area is 91.7 Å². The Morgan fingerprint density at radius 2 is 2.33 bits per heavy atom. The van der Waals surface area contributed by atoms with Gasteiger partial charge in [-0.3, -0.25) is 4.79 Å². The van der Waals surface area contributed by atoms with Gasteiger partial charge in [-0.2, -0.15) is 0 Å². The van der Waals surface area contributed by atoms with Crippen LogP contribution < -0.4 is 10.4 Å². The molecule has 2 nitrogen and oxygen atoms in total. The second-order valence-corrected chi connectivity index (χ2v) is 3.89. The molecule has 1 aromatic rings. The Kier molecular flexibility index (Phi) is 2.80. The lowest BCUT2D eigenvalue weighted by molar-refractivity contribution is -0.118. The molecule has 1 aliphatic rings. The monoisotopic (exact) mass is 199 g/mol. The Bertz CT molecular complexity index is 389. The molecule has 1 heterocycles. The van der Waals surface area contributed by atoms with Gasteiger partial charge in [0.25, 0.3) is 0 Å². The van der Waals surface area contributed by atoms with Crippen molar-refractivity contribution in [2.24, 2.45) is 0 Å². The number of carbonyl (C=O) groups excluding carboxylic acids is 1. The van der Waals surface area contributed by atoms with Crippen LogP contribution in [-0.4, -0.2) is 20.3 Å². The first-order valence-electron chi connectivity index (χ1n) is 5.41. The summed E-state index contributed by atoms with van der Waals surface area (Å²) in [7, 11) is 5.73. The summed E-state index contributed by atoms with van der Waals surface area (Å²) in [4.78, 5) is 13.6. The van der Waals surface area contributed by atoms with Gasteiger partial charge >= 0.3 is 0 Å². The number of carbonyl (C=O) groups is 1. The van der Waals surface area contributed by atoms with E-state index in [2.05, 4.69) is 0 Å². The van der Waals surface area contributed by atoms with Crippen LogP contribution in [0.1, 0.15) is 25.3 Å². The van der Waals surface area contributed by atoms with Crippen LogP contribution in [0, 0.1) is 0 Å². The zero-order chi connectivity index (χ0) is 10.8. The molecule has 2 radical (unpaired) electrons. The van der Waals surface area contributed by atoms with Gasteiger partial charge in [-0.15, -0.1) is 0 Å². The number of anilines is 1. The molecule has 0 bridgehead atoms. The average Bonchev–Trinajstić information content (AvgIpc) is 2.26. The molecule has 2 rings (SSSR count). The van der Waals surface area contributed by atoms with Crippen LogP contribution in [0.15, 0.2) is 18.2 Å². The molecule has 0 spiro atoms. The van der Waals surface area contributed by atoms with Gasteiger partial charge in [-0.1, -0.05) is 24.5 Å². The number of nitrogens with zero attached hydrogens (tertiary/aromatic N) is 1. The van der Waals surface area contributed by atoms with E-state index >= 15 is 0 Å². The first kappa shape index (κ1) is 10.3. The van der Waals surface area contributed by atoms with Crippen LogP contribution in [0.3, 0.4) is 0 Å². The van der Waals surface area contributed by atoms with Crippen molar-refractivity contribution in [3.63, 3.8) is 0 Å².